The molecule has 1 aliphatic carbocycles. The number of aliphatic imine (C=N–C) groups is 1. The van der Waals surface area contributed by atoms with Gasteiger partial charge in [0.15, 0.2) is 0 Å². The van der Waals surface area contributed by atoms with Gasteiger partial charge in [-0.3, -0.25) is 19.9 Å². The predicted octanol–water partition coefficient (Wildman–Crippen LogP) is 4.24. The lowest BCUT2D eigenvalue weighted by Crippen LogP contribution is -2.21. The van der Waals surface area contributed by atoms with E-state index in [0.717, 1.165) is 35.2 Å². The molecule has 142 valence electrons. The molecular weight excluding hydrogens is 366 g/mol. The molecule has 0 bridgehead atoms. The number of nitrogens with one attached hydrogen (secondary N) is 2. The van der Waals surface area contributed by atoms with Gasteiger partial charge < -0.3 is 5.32 Å². The molecule has 0 radical (unpaired) electrons. The minimum absolute atomic E-state index is 0.322. The summed E-state index contributed by atoms with van der Waals surface area (Å²) in [5.74, 6) is 0.868. The van der Waals surface area contributed by atoms with Crippen LogP contribution in [0.15, 0.2) is 39.5 Å². The molecule has 2 aliphatic rings. The number of rotatable bonds is 9. The van der Waals surface area contributed by atoms with Crippen molar-refractivity contribution in [3.05, 3.63) is 34.5 Å². The van der Waals surface area contributed by atoms with Crippen molar-refractivity contribution in [1.29, 1.82) is 0 Å². The van der Waals surface area contributed by atoms with Gasteiger partial charge in [0.1, 0.15) is 0 Å². The molecule has 0 unspecified atom stereocenters. The summed E-state index contributed by atoms with van der Waals surface area (Å²) in [6.45, 7) is 6.40. The Labute approximate surface area is 164 Å². The maximum atomic E-state index is 11.7. The van der Waals surface area contributed by atoms with Crippen LogP contribution in [0.5, 0.6) is 0 Å². The largest absolute Gasteiger partial charge is 0.385 e. The van der Waals surface area contributed by atoms with E-state index >= 15 is 0 Å². The van der Waals surface area contributed by atoms with E-state index in [2.05, 4.69) is 35.5 Å². The summed E-state index contributed by atoms with van der Waals surface area (Å²) in [4.78, 5) is 28.0. The van der Waals surface area contributed by atoms with Crippen molar-refractivity contribution in [2.45, 2.75) is 46.1 Å². The topological polar surface area (TPSA) is 70.6 Å². The Hall–Kier alpha value is -1.47. The monoisotopic (exact) mass is 393 g/mol. The van der Waals surface area contributed by atoms with Gasteiger partial charge in [0.25, 0.3) is 11.1 Å². The van der Waals surface area contributed by atoms with Crippen LogP contribution in [-0.2, 0) is 4.79 Å². The summed E-state index contributed by atoms with van der Waals surface area (Å²) in [6, 6.07) is 0.616. The third-order valence-electron chi connectivity index (χ3n) is 4.16. The molecule has 1 aliphatic heterocycles. The minimum Gasteiger partial charge on any atom is -0.385 e. The Morgan fingerprint density at radius 3 is 2.73 bits per heavy atom. The molecule has 0 aromatic heterocycles. The first-order chi connectivity index (χ1) is 12.4. The van der Waals surface area contributed by atoms with Crippen molar-refractivity contribution >= 4 is 40.4 Å². The second kappa shape index (κ2) is 10.0. The summed E-state index contributed by atoms with van der Waals surface area (Å²) in [5, 5.41) is 5.56. The zero-order valence-electron chi connectivity index (χ0n) is 15.8. The number of hydrogen-bond donors (Lipinski definition) is 2. The molecule has 5 nitrogen and oxygen atoms in total. The van der Waals surface area contributed by atoms with Crippen molar-refractivity contribution in [2.24, 2.45) is 10.9 Å². The molecule has 2 N–H and O–H groups in total. The quantitative estimate of drug-likeness (QED) is 0.453. The van der Waals surface area contributed by atoms with Gasteiger partial charge in [0.2, 0.25) is 0 Å². The zero-order valence-corrected chi connectivity index (χ0v) is 17.4. The second-order valence-corrected chi connectivity index (χ2v) is 8.47. The third kappa shape index (κ3) is 6.68. The van der Waals surface area contributed by atoms with E-state index in [4.69, 9.17) is 0 Å². The van der Waals surface area contributed by atoms with Crippen molar-refractivity contribution in [3.63, 3.8) is 0 Å². The van der Waals surface area contributed by atoms with Gasteiger partial charge in [0, 0.05) is 29.4 Å². The number of thioether (sulfide) groups is 2. The summed E-state index contributed by atoms with van der Waals surface area (Å²) < 4.78 is 0. The summed E-state index contributed by atoms with van der Waals surface area (Å²) in [6.07, 6.45) is 11.2. The van der Waals surface area contributed by atoms with E-state index in [9.17, 15) is 9.59 Å². The maximum Gasteiger partial charge on any atom is 0.290 e. The minimum atomic E-state index is -0.333. The van der Waals surface area contributed by atoms with Crippen LogP contribution in [0.2, 0.25) is 0 Å². The zero-order chi connectivity index (χ0) is 19.1. The Kier molecular flexibility index (Phi) is 8.03. The number of nitrogens with zero attached hydrogens (tertiary/aromatic N) is 1. The van der Waals surface area contributed by atoms with Crippen LogP contribution < -0.4 is 10.6 Å². The van der Waals surface area contributed by atoms with E-state index in [1.54, 1.807) is 24.0 Å². The van der Waals surface area contributed by atoms with Crippen LogP contribution in [0.1, 0.15) is 40.0 Å². The van der Waals surface area contributed by atoms with Gasteiger partial charge in [0.05, 0.1) is 4.91 Å². The van der Waals surface area contributed by atoms with Gasteiger partial charge in [-0.05, 0) is 67.8 Å². The molecule has 0 aromatic rings. The van der Waals surface area contributed by atoms with Crippen molar-refractivity contribution < 1.29 is 9.59 Å². The van der Waals surface area contributed by atoms with E-state index in [1.807, 2.05) is 13.2 Å². The fraction of sp³-hybridized carbons (Fsp3) is 0.526. The molecule has 1 heterocycles. The first kappa shape index (κ1) is 20.8. The Morgan fingerprint density at radius 1 is 1.46 bits per heavy atom. The molecule has 1 saturated carbocycles. The van der Waals surface area contributed by atoms with E-state index in [1.165, 1.54) is 18.5 Å². The number of hydrogen-bond acceptors (Lipinski definition) is 6. The Bertz CT molecular complexity index is 676. The molecule has 2 rings (SSSR count). The van der Waals surface area contributed by atoms with Crippen LogP contribution in [0.3, 0.4) is 0 Å². The lowest BCUT2D eigenvalue weighted by molar-refractivity contribution is -0.115. The van der Waals surface area contributed by atoms with Crippen LogP contribution in [0, 0.1) is 5.92 Å². The van der Waals surface area contributed by atoms with Crippen LogP contribution in [0.25, 0.3) is 0 Å². The normalized spacial score (nSPS) is 22.0. The molecule has 1 saturated heterocycles. The number of carbonyl (C=O) groups excluding carboxylic acids is 2. The van der Waals surface area contributed by atoms with Crippen LogP contribution in [0.4, 0.5) is 4.79 Å². The van der Waals surface area contributed by atoms with Gasteiger partial charge >= 0.3 is 0 Å². The molecular formula is C19H27N3O2S2. The Morgan fingerprint density at radius 2 is 2.19 bits per heavy atom. The lowest BCUT2D eigenvalue weighted by atomic mass is 10.0. The molecule has 2 fully saturated rings. The highest BCUT2D eigenvalue weighted by molar-refractivity contribution is 8.18. The molecule has 7 heteroatoms. The standard InChI is InChI=1S/C19H27N3O2S2/c1-5-12(2)16(21-15-6-7-15)8-13(3)20-10-14(11-25-4)9-17-18(23)22-19(24)26-17/h8-10,12,15,21H,5-7,11H2,1-4H3,(H,22,23,24)/b14-10+,16-8+,17-9-,20-13-/t12-/m1/s1. The Balaban J connectivity index is 2.16. The fourth-order valence-corrected chi connectivity index (χ4v) is 3.52. The maximum absolute atomic E-state index is 11.7. The molecule has 0 spiro atoms. The van der Waals surface area contributed by atoms with Gasteiger partial charge in [-0.1, -0.05) is 13.8 Å². The molecule has 26 heavy (non-hydrogen) atoms. The molecule has 0 aromatic carbocycles. The van der Waals surface area contributed by atoms with Crippen LogP contribution in [-0.4, -0.2) is 34.9 Å². The number of imide groups is 1. The van der Waals surface area contributed by atoms with E-state index in [0.29, 0.717) is 16.9 Å². The van der Waals surface area contributed by atoms with E-state index < -0.39 is 0 Å². The molecule has 1 atom stereocenters. The fourth-order valence-electron chi connectivity index (χ4n) is 2.33. The highest BCUT2D eigenvalue weighted by atomic mass is 32.2. The third-order valence-corrected chi connectivity index (χ3v) is 5.59. The average molecular weight is 394 g/mol. The number of amides is 2. The van der Waals surface area contributed by atoms with Crippen molar-refractivity contribution in [1.82, 2.24) is 10.6 Å². The van der Waals surface area contributed by atoms with Crippen molar-refractivity contribution in [2.75, 3.05) is 12.0 Å². The van der Waals surface area contributed by atoms with Crippen molar-refractivity contribution in [3.8, 4) is 0 Å². The lowest BCUT2D eigenvalue weighted by Gasteiger charge is -2.16. The summed E-state index contributed by atoms with van der Waals surface area (Å²) in [5.41, 5.74) is 3.08. The van der Waals surface area contributed by atoms with Gasteiger partial charge in [-0.2, -0.15) is 11.8 Å². The average Bonchev–Trinajstić information content (AvgIpc) is 3.36. The number of carbonyl (C=O) groups is 2. The second-order valence-electron chi connectivity index (χ2n) is 6.59. The summed E-state index contributed by atoms with van der Waals surface area (Å²) >= 11 is 2.58. The molecule has 2 amide bonds. The highest BCUT2D eigenvalue weighted by Gasteiger charge is 2.25. The number of allylic oxidation sites excluding steroid dienone is 3. The van der Waals surface area contributed by atoms with E-state index in [-0.39, 0.29) is 11.1 Å². The summed E-state index contributed by atoms with van der Waals surface area (Å²) in [7, 11) is 0. The highest BCUT2D eigenvalue weighted by Crippen LogP contribution is 2.25. The van der Waals surface area contributed by atoms with Crippen LogP contribution >= 0.6 is 23.5 Å². The predicted molar refractivity (Wildman–Crippen MR) is 112 cm³/mol. The van der Waals surface area contributed by atoms with Gasteiger partial charge in [-0.15, -0.1) is 0 Å². The smallest absolute Gasteiger partial charge is 0.290 e. The first-order valence-corrected chi connectivity index (χ1v) is 11.1. The SMILES string of the molecule is CC[C@@H](C)\C(=C/C(C)=N\C=C(/C=C1\SC(=O)NC1=O)CSC)NC1CC1. The first-order valence-electron chi connectivity index (χ1n) is 8.88. The van der Waals surface area contributed by atoms with Gasteiger partial charge in [-0.25, -0.2) is 0 Å².